The molecule has 1 amide bonds. The molecule has 0 fully saturated rings. The van der Waals surface area contributed by atoms with E-state index in [1.807, 2.05) is 67.6 Å². The van der Waals surface area contributed by atoms with Crippen molar-refractivity contribution in [1.82, 2.24) is 14.8 Å². The molecule has 0 aliphatic heterocycles. The molecule has 0 saturated heterocycles. The number of aromatic nitrogens is 3. The smallest absolute Gasteiger partial charge is 0.237 e. The summed E-state index contributed by atoms with van der Waals surface area (Å²) in [4.78, 5) is 16.0. The predicted molar refractivity (Wildman–Crippen MR) is 137 cm³/mol. The number of anilines is 1. The molecule has 4 aromatic rings. The van der Waals surface area contributed by atoms with Crippen molar-refractivity contribution in [3.63, 3.8) is 0 Å². The number of nitrogens with zero attached hydrogens (tertiary/aromatic N) is 4. The van der Waals surface area contributed by atoms with Crippen LogP contribution in [0.4, 0.5) is 5.69 Å². The molecule has 168 valence electrons. The molecule has 7 heteroatoms. The fourth-order valence-corrected chi connectivity index (χ4v) is 5.08. The second-order valence-electron chi connectivity index (χ2n) is 7.43. The van der Waals surface area contributed by atoms with Crippen molar-refractivity contribution in [1.29, 1.82) is 0 Å². The summed E-state index contributed by atoms with van der Waals surface area (Å²) >= 11 is 3.15. The lowest BCUT2D eigenvalue weighted by atomic mass is 10.2. The molecule has 1 aromatic heterocycles. The Kier molecular flexibility index (Phi) is 7.86. The summed E-state index contributed by atoms with van der Waals surface area (Å²) in [6.45, 7) is 4.69. The molecular formula is C26H26N4OS2. The standard InChI is InChI=1S/C26H26N4OS2/c1-3-29(21-10-6-4-7-11-21)25(31)19-33-26-28-27-24(30(26)22-12-8-5-9-13-22)18-32-23-16-14-20(2)15-17-23/h4-17H,3,18-19H2,1-2H3. The van der Waals surface area contributed by atoms with E-state index in [1.165, 1.54) is 22.2 Å². The Balaban J connectivity index is 1.52. The maximum absolute atomic E-state index is 13.0. The van der Waals surface area contributed by atoms with Crippen LogP contribution in [0.1, 0.15) is 18.3 Å². The van der Waals surface area contributed by atoms with Crippen molar-refractivity contribution in [2.75, 3.05) is 17.2 Å². The quantitative estimate of drug-likeness (QED) is 0.278. The van der Waals surface area contributed by atoms with E-state index in [2.05, 4.69) is 46.0 Å². The van der Waals surface area contributed by atoms with Crippen molar-refractivity contribution in [2.24, 2.45) is 0 Å². The van der Waals surface area contributed by atoms with Gasteiger partial charge in [-0.25, -0.2) is 0 Å². The number of thioether (sulfide) groups is 2. The Hall–Kier alpha value is -3.03. The SMILES string of the molecule is CCN(C(=O)CSc1nnc(CSc2ccc(C)cc2)n1-c1ccccc1)c1ccccc1. The molecule has 0 saturated carbocycles. The summed E-state index contributed by atoms with van der Waals surface area (Å²) in [6, 6.07) is 28.3. The summed E-state index contributed by atoms with van der Waals surface area (Å²) in [5, 5.41) is 9.63. The zero-order valence-electron chi connectivity index (χ0n) is 18.7. The van der Waals surface area contributed by atoms with Crippen LogP contribution in [0, 0.1) is 6.92 Å². The van der Waals surface area contributed by atoms with Gasteiger partial charge in [-0.1, -0.05) is 65.9 Å². The molecule has 0 aliphatic rings. The third-order valence-corrected chi connectivity index (χ3v) is 7.04. The van der Waals surface area contributed by atoms with Gasteiger partial charge in [-0.2, -0.15) is 0 Å². The maximum atomic E-state index is 13.0. The summed E-state index contributed by atoms with van der Waals surface area (Å²) < 4.78 is 2.05. The van der Waals surface area contributed by atoms with E-state index in [9.17, 15) is 4.79 Å². The van der Waals surface area contributed by atoms with Gasteiger partial charge >= 0.3 is 0 Å². The first kappa shape index (κ1) is 23.1. The maximum Gasteiger partial charge on any atom is 0.237 e. The third kappa shape index (κ3) is 5.86. The summed E-state index contributed by atoms with van der Waals surface area (Å²) in [7, 11) is 0. The summed E-state index contributed by atoms with van der Waals surface area (Å²) in [6.07, 6.45) is 0. The fraction of sp³-hybridized carbons (Fsp3) is 0.192. The zero-order valence-corrected chi connectivity index (χ0v) is 20.4. The van der Waals surface area contributed by atoms with E-state index in [0.717, 1.165) is 22.4 Å². The highest BCUT2D eigenvalue weighted by Gasteiger charge is 2.19. The number of aryl methyl sites for hydroxylation is 1. The number of para-hydroxylation sites is 2. The Morgan fingerprint density at radius 2 is 1.55 bits per heavy atom. The number of benzene rings is 3. The first-order chi connectivity index (χ1) is 16.2. The molecule has 33 heavy (non-hydrogen) atoms. The van der Waals surface area contributed by atoms with Crippen LogP contribution in [-0.2, 0) is 10.5 Å². The predicted octanol–water partition coefficient (Wildman–Crippen LogP) is 6.01. The van der Waals surface area contributed by atoms with Gasteiger partial charge < -0.3 is 4.90 Å². The van der Waals surface area contributed by atoms with Gasteiger partial charge in [0.15, 0.2) is 5.16 Å². The molecule has 0 aliphatic carbocycles. The van der Waals surface area contributed by atoms with Crippen molar-refractivity contribution in [3.05, 3.63) is 96.3 Å². The molecule has 0 radical (unpaired) electrons. The van der Waals surface area contributed by atoms with Crippen LogP contribution < -0.4 is 4.90 Å². The minimum atomic E-state index is 0.0480. The molecule has 3 aromatic carbocycles. The second-order valence-corrected chi connectivity index (χ2v) is 9.42. The summed E-state index contributed by atoms with van der Waals surface area (Å²) in [5.41, 5.74) is 3.14. The van der Waals surface area contributed by atoms with Crippen LogP contribution in [0.2, 0.25) is 0 Å². The lowest BCUT2D eigenvalue weighted by molar-refractivity contribution is -0.116. The molecule has 1 heterocycles. The molecule has 0 unspecified atom stereocenters. The monoisotopic (exact) mass is 474 g/mol. The first-order valence-electron chi connectivity index (χ1n) is 10.8. The first-order valence-corrected chi connectivity index (χ1v) is 12.8. The van der Waals surface area contributed by atoms with Crippen molar-refractivity contribution in [2.45, 2.75) is 29.7 Å². The van der Waals surface area contributed by atoms with Gasteiger partial charge in [0.1, 0.15) is 5.82 Å². The molecule has 0 atom stereocenters. The number of hydrogen-bond donors (Lipinski definition) is 0. The highest BCUT2D eigenvalue weighted by molar-refractivity contribution is 7.99. The molecular weight excluding hydrogens is 448 g/mol. The van der Waals surface area contributed by atoms with Gasteiger partial charge in [0.05, 0.1) is 11.5 Å². The van der Waals surface area contributed by atoms with E-state index < -0.39 is 0 Å². The lowest BCUT2D eigenvalue weighted by Crippen LogP contribution is -2.32. The highest BCUT2D eigenvalue weighted by Crippen LogP contribution is 2.28. The minimum Gasteiger partial charge on any atom is -0.312 e. The number of amides is 1. The fourth-order valence-electron chi connectivity index (χ4n) is 3.42. The second kappa shape index (κ2) is 11.2. The number of carbonyl (C=O) groups is 1. The van der Waals surface area contributed by atoms with Gasteiger partial charge in [-0.3, -0.25) is 9.36 Å². The third-order valence-electron chi connectivity index (χ3n) is 5.11. The number of hydrogen-bond acceptors (Lipinski definition) is 5. The van der Waals surface area contributed by atoms with E-state index in [4.69, 9.17) is 0 Å². The topological polar surface area (TPSA) is 51.0 Å². The average molecular weight is 475 g/mol. The van der Waals surface area contributed by atoms with Gasteiger partial charge in [0, 0.05) is 22.8 Å². The van der Waals surface area contributed by atoms with E-state index in [-0.39, 0.29) is 5.91 Å². The van der Waals surface area contributed by atoms with Crippen LogP contribution in [0.5, 0.6) is 0 Å². The molecule has 4 rings (SSSR count). The number of rotatable bonds is 9. The Morgan fingerprint density at radius 3 is 2.21 bits per heavy atom. The van der Waals surface area contributed by atoms with Crippen LogP contribution in [0.15, 0.2) is 95.0 Å². The van der Waals surface area contributed by atoms with Crippen molar-refractivity contribution >= 4 is 35.1 Å². The Bertz CT molecular complexity index is 1180. The normalized spacial score (nSPS) is 10.8. The highest BCUT2D eigenvalue weighted by atomic mass is 32.2. The Labute approximate surface area is 203 Å². The largest absolute Gasteiger partial charge is 0.312 e. The average Bonchev–Trinajstić information content (AvgIpc) is 3.27. The van der Waals surface area contributed by atoms with Gasteiger partial charge in [-0.15, -0.1) is 22.0 Å². The zero-order chi connectivity index (χ0) is 23.0. The van der Waals surface area contributed by atoms with E-state index in [1.54, 1.807) is 16.7 Å². The van der Waals surface area contributed by atoms with Crippen LogP contribution >= 0.6 is 23.5 Å². The minimum absolute atomic E-state index is 0.0480. The van der Waals surface area contributed by atoms with Crippen LogP contribution in [0.3, 0.4) is 0 Å². The van der Waals surface area contributed by atoms with Crippen LogP contribution in [0.25, 0.3) is 5.69 Å². The molecule has 0 spiro atoms. The van der Waals surface area contributed by atoms with Crippen molar-refractivity contribution in [3.8, 4) is 5.69 Å². The number of carbonyl (C=O) groups excluding carboxylic acids is 1. The van der Waals surface area contributed by atoms with Gasteiger partial charge in [-0.05, 0) is 50.2 Å². The van der Waals surface area contributed by atoms with E-state index >= 15 is 0 Å². The van der Waals surface area contributed by atoms with Gasteiger partial charge in [0.25, 0.3) is 0 Å². The molecule has 0 N–H and O–H groups in total. The van der Waals surface area contributed by atoms with E-state index in [0.29, 0.717) is 18.1 Å². The lowest BCUT2D eigenvalue weighted by Gasteiger charge is -2.20. The van der Waals surface area contributed by atoms with Crippen molar-refractivity contribution < 1.29 is 4.79 Å². The van der Waals surface area contributed by atoms with Gasteiger partial charge in [0.2, 0.25) is 5.91 Å². The molecule has 5 nitrogen and oxygen atoms in total. The molecule has 0 bridgehead atoms. The Morgan fingerprint density at radius 1 is 0.879 bits per heavy atom. The summed E-state index contributed by atoms with van der Waals surface area (Å²) in [5.74, 6) is 1.88. The van der Waals surface area contributed by atoms with Crippen LogP contribution in [-0.4, -0.2) is 33.0 Å².